The number of carboxylic acid groups (broad SMARTS) is 1. The van der Waals surface area contributed by atoms with Gasteiger partial charge in [0.05, 0.1) is 6.04 Å². The summed E-state index contributed by atoms with van der Waals surface area (Å²) in [5.74, 6) is -1.86. The van der Waals surface area contributed by atoms with E-state index in [2.05, 4.69) is 4.98 Å². The van der Waals surface area contributed by atoms with Crippen LogP contribution in [0.25, 0.3) is 0 Å². The van der Waals surface area contributed by atoms with Gasteiger partial charge >= 0.3 is 5.97 Å². The summed E-state index contributed by atoms with van der Waals surface area (Å²) in [6.07, 6.45) is 1.01. The Morgan fingerprint density at radius 3 is 2.78 bits per heavy atom. The number of carbonyl (C=O) groups is 2. The Balaban J connectivity index is 1.51. The Hall–Kier alpha value is -2.20. The van der Waals surface area contributed by atoms with Crippen molar-refractivity contribution in [1.29, 1.82) is 0 Å². The van der Waals surface area contributed by atoms with Crippen molar-refractivity contribution in [2.24, 2.45) is 0 Å². The smallest absolute Gasteiger partial charge is 0.355 e. The molecule has 1 atom stereocenters. The Morgan fingerprint density at radius 2 is 2.11 bits per heavy atom. The first-order chi connectivity index (χ1) is 12.9. The zero-order valence-electron chi connectivity index (χ0n) is 14.1. The first-order valence-corrected chi connectivity index (χ1v) is 9.99. The summed E-state index contributed by atoms with van der Waals surface area (Å²) in [6.45, 7) is 0.608. The number of likely N-dealkylation sites (tertiary alicyclic amines) is 1. The fraction of sp³-hybridized carbons (Fsp3) is 0.353. The largest absolute Gasteiger partial charge is 0.491 e. The SMILES string of the molecule is O=C(O)c1csc(SCCN2C(=O)CCC2COc2cc(F)cc(F)c2)n1. The van der Waals surface area contributed by atoms with Gasteiger partial charge in [-0.3, -0.25) is 4.79 Å². The normalized spacial score (nSPS) is 16.7. The van der Waals surface area contributed by atoms with E-state index < -0.39 is 17.6 Å². The third-order valence-corrected chi connectivity index (χ3v) is 5.99. The molecule has 3 rings (SSSR count). The zero-order valence-corrected chi connectivity index (χ0v) is 15.7. The summed E-state index contributed by atoms with van der Waals surface area (Å²) in [6, 6.07) is 2.80. The van der Waals surface area contributed by atoms with E-state index in [0.29, 0.717) is 29.5 Å². The van der Waals surface area contributed by atoms with Crippen molar-refractivity contribution < 1.29 is 28.2 Å². The van der Waals surface area contributed by atoms with Crippen molar-refractivity contribution in [3.63, 3.8) is 0 Å². The van der Waals surface area contributed by atoms with Crippen molar-refractivity contribution in [2.75, 3.05) is 18.9 Å². The van der Waals surface area contributed by atoms with Crippen LogP contribution in [-0.2, 0) is 4.79 Å². The highest BCUT2D eigenvalue weighted by atomic mass is 32.2. The number of carboxylic acids is 1. The summed E-state index contributed by atoms with van der Waals surface area (Å²) in [5, 5.41) is 10.3. The number of rotatable bonds is 8. The Morgan fingerprint density at radius 1 is 1.37 bits per heavy atom. The van der Waals surface area contributed by atoms with Gasteiger partial charge in [0.15, 0.2) is 10.0 Å². The minimum atomic E-state index is -1.07. The van der Waals surface area contributed by atoms with Crippen LogP contribution in [0.3, 0.4) is 0 Å². The predicted molar refractivity (Wildman–Crippen MR) is 96.4 cm³/mol. The molecular weight excluding hydrogens is 398 g/mol. The van der Waals surface area contributed by atoms with E-state index in [0.717, 1.165) is 18.2 Å². The van der Waals surface area contributed by atoms with Crippen LogP contribution in [0.1, 0.15) is 23.3 Å². The molecule has 1 fully saturated rings. The average molecular weight is 414 g/mol. The van der Waals surface area contributed by atoms with Crippen LogP contribution in [-0.4, -0.2) is 51.8 Å². The molecule has 1 aromatic carbocycles. The summed E-state index contributed by atoms with van der Waals surface area (Å²) in [4.78, 5) is 28.6. The quantitative estimate of drug-likeness (QED) is 0.668. The van der Waals surface area contributed by atoms with Crippen LogP contribution < -0.4 is 4.74 Å². The van der Waals surface area contributed by atoms with Gasteiger partial charge in [-0.25, -0.2) is 18.6 Å². The van der Waals surface area contributed by atoms with Crippen LogP contribution in [0.2, 0.25) is 0 Å². The van der Waals surface area contributed by atoms with E-state index in [1.54, 1.807) is 4.90 Å². The Kier molecular flexibility index (Phi) is 6.27. The minimum Gasteiger partial charge on any atom is -0.491 e. The van der Waals surface area contributed by atoms with Gasteiger partial charge < -0.3 is 14.7 Å². The third-order valence-electron chi connectivity index (χ3n) is 3.99. The second-order valence-corrected chi connectivity index (χ2v) is 8.05. The maximum Gasteiger partial charge on any atom is 0.355 e. The molecule has 1 N–H and O–H groups in total. The molecule has 1 saturated heterocycles. The molecule has 0 saturated carbocycles. The number of hydrogen-bond acceptors (Lipinski definition) is 6. The number of ether oxygens (including phenoxy) is 1. The number of carbonyl (C=O) groups excluding carboxylic acids is 1. The highest BCUT2D eigenvalue weighted by Gasteiger charge is 2.31. The number of nitrogens with zero attached hydrogens (tertiary/aromatic N) is 2. The van der Waals surface area contributed by atoms with Gasteiger partial charge in [-0.15, -0.1) is 11.3 Å². The fourth-order valence-corrected chi connectivity index (χ4v) is 4.54. The van der Waals surface area contributed by atoms with Gasteiger partial charge in [-0.05, 0) is 6.42 Å². The molecule has 27 heavy (non-hydrogen) atoms. The number of thiazole rings is 1. The van der Waals surface area contributed by atoms with Crippen LogP contribution >= 0.6 is 23.1 Å². The molecule has 2 aromatic rings. The van der Waals surface area contributed by atoms with E-state index in [1.807, 2.05) is 0 Å². The van der Waals surface area contributed by atoms with Gasteiger partial charge in [-0.2, -0.15) is 0 Å². The molecule has 0 spiro atoms. The lowest BCUT2D eigenvalue weighted by Crippen LogP contribution is -2.38. The van der Waals surface area contributed by atoms with Crippen molar-refractivity contribution >= 4 is 35.0 Å². The number of aromatic nitrogens is 1. The molecule has 1 aromatic heterocycles. The predicted octanol–water partition coefficient (Wildman–Crippen LogP) is 3.28. The summed E-state index contributed by atoms with van der Waals surface area (Å²) < 4.78 is 32.5. The number of thioether (sulfide) groups is 1. The number of amides is 1. The Bertz CT molecular complexity index is 826. The molecule has 0 aliphatic carbocycles. The van der Waals surface area contributed by atoms with Gasteiger partial charge in [0.25, 0.3) is 0 Å². The lowest BCUT2D eigenvalue weighted by Gasteiger charge is -2.24. The van der Waals surface area contributed by atoms with Crippen molar-refractivity contribution in [2.45, 2.75) is 23.2 Å². The summed E-state index contributed by atoms with van der Waals surface area (Å²) in [5.41, 5.74) is 0.00773. The average Bonchev–Trinajstić information content (AvgIpc) is 3.20. The first kappa shape index (κ1) is 19.6. The maximum atomic E-state index is 13.2. The van der Waals surface area contributed by atoms with Gasteiger partial charge in [0.1, 0.15) is 24.0 Å². The highest BCUT2D eigenvalue weighted by molar-refractivity contribution is 8.01. The number of hydrogen-bond donors (Lipinski definition) is 1. The van der Waals surface area contributed by atoms with Crippen molar-refractivity contribution in [3.8, 4) is 5.75 Å². The summed E-state index contributed by atoms with van der Waals surface area (Å²) >= 11 is 2.62. The van der Waals surface area contributed by atoms with Crippen LogP contribution in [0.5, 0.6) is 5.75 Å². The molecule has 6 nitrogen and oxygen atoms in total. The monoisotopic (exact) mass is 414 g/mol. The third kappa shape index (κ3) is 5.16. The molecule has 1 aliphatic heterocycles. The van der Waals surface area contributed by atoms with Gasteiger partial charge in [-0.1, -0.05) is 11.8 Å². The lowest BCUT2D eigenvalue weighted by atomic mass is 10.2. The van der Waals surface area contributed by atoms with Gasteiger partial charge in [0, 0.05) is 42.3 Å². The van der Waals surface area contributed by atoms with Crippen LogP contribution in [0, 0.1) is 11.6 Å². The Labute approximate surface area is 162 Å². The summed E-state index contributed by atoms with van der Waals surface area (Å²) in [7, 11) is 0. The zero-order chi connectivity index (χ0) is 19.4. The lowest BCUT2D eigenvalue weighted by molar-refractivity contribution is -0.129. The molecule has 10 heteroatoms. The molecule has 1 aliphatic rings. The number of aromatic carboxylic acids is 1. The van der Waals surface area contributed by atoms with Crippen LogP contribution in [0.15, 0.2) is 27.9 Å². The van der Waals surface area contributed by atoms with E-state index >= 15 is 0 Å². The standard InChI is InChI=1S/C17H16F2N2O4S2/c18-10-5-11(19)7-13(6-10)25-8-12-1-2-15(22)21(12)3-4-26-17-20-14(9-27-17)16(23)24/h5-7,9,12H,1-4,8H2,(H,23,24). The fourth-order valence-electron chi connectivity index (χ4n) is 2.73. The van der Waals surface area contributed by atoms with E-state index in [9.17, 15) is 18.4 Å². The molecule has 144 valence electrons. The highest BCUT2D eigenvalue weighted by Crippen LogP contribution is 2.25. The van der Waals surface area contributed by atoms with E-state index in [1.165, 1.54) is 28.5 Å². The second-order valence-electron chi connectivity index (χ2n) is 5.85. The molecule has 2 heterocycles. The molecule has 1 amide bonds. The van der Waals surface area contributed by atoms with E-state index in [-0.39, 0.29) is 30.0 Å². The number of benzene rings is 1. The second kappa shape index (κ2) is 8.66. The number of halogens is 2. The minimum absolute atomic E-state index is 0.0000124. The van der Waals surface area contributed by atoms with Gasteiger partial charge in [0.2, 0.25) is 5.91 Å². The molecular formula is C17H16F2N2O4S2. The molecule has 0 radical (unpaired) electrons. The van der Waals surface area contributed by atoms with Crippen LogP contribution in [0.4, 0.5) is 8.78 Å². The first-order valence-electron chi connectivity index (χ1n) is 8.12. The topological polar surface area (TPSA) is 79.7 Å². The van der Waals surface area contributed by atoms with Crippen molar-refractivity contribution in [1.82, 2.24) is 9.88 Å². The maximum absolute atomic E-state index is 13.2. The van der Waals surface area contributed by atoms with Crippen molar-refractivity contribution in [3.05, 3.63) is 40.9 Å². The molecule has 1 unspecified atom stereocenters. The van der Waals surface area contributed by atoms with E-state index in [4.69, 9.17) is 9.84 Å². The molecule has 0 bridgehead atoms.